The molecule has 1 fully saturated rings. The number of amides is 1. The summed E-state index contributed by atoms with van der Waals surface area (Å²) in [6.45, 7) is 5.74. The van der Waals surface area contributed by atoms with E-state index in [1.54, 1.807) is 6.92 Å². The van der Waals surface area contributed by atoms with Gasteiger partial charge >= 0.3 is 0 Å². The lowest BCUT2D eigenvalue weighted by atomic mass is 9.97. The van der Waals surface area contributed by atoms with Crippen LogP contribution in [0.3, 0.4) is 0 Å². The maximum atomic E-state index is 11.5. The van der Waals surface area contributed by atoms with Crippen LogP contribution in [0.4, 0.5) is 0 Å². The van der Waals surface area contributed by atoms with Gasteiger partial charge in [0.05, 0.1) is 12.0 Å². The molecule has 76 valence electrons. The van der Waals surface area contributed by atoms with E-state index in [1.807, 2.05) is 0 Å². The quantitative estimate of drug-likeness (QED) is 0.548. The van der Waals surface area contributed by atoms with E-state index >= 15 is 0 Å². The minimum absolute atomic E-state index is 0.0541. The SMILES string of the molecule is CC(O)CNC(=O)C1CNCC1C. The number of hydrogen-bond acceptors (Lipinski definition) is 3. The molecule has 0 aromatic heterocycles. The van der Waals surface area contributed by atoms with Crippen molar-refractivity contribution in [2.75, 3.05) is 19.6 Å². The summed E-state index contributed by atoms with van der Waals surface area (Å²) in [6.07, 6.45) is -0.464. The van der Waals surface area contributed by atoms with Crippen molar-refractivity contribution in [3.8, 4) is 0 Å². The summed E-state index contributed by atoms with van der Waals surface area (Å²) in [7, 11) is 0. The minimum atomic E-state index is -0.464. The molecule has 1 amide bonds. The lowest BCUT2D eigenvalue weighted by Crippen LogP contribution is -2.37. The average Bonchev–Trinajstić information content (AvgIpc) is 2.47. The molecule has 13 heavy (non-hydrogen) atoms. The molecule has 4 heteroatoms. The van der Waals surface area contributed by atoms with Gasteiger partial charge in [0.25, 0.3) is 0 Å². The fourth-order valence-corrected chi connectivity index (χ4v) is 1.54. The number of rotatable bonds is 3. The van der Waals surface area contributed by atoms with Crippen LogP contribution >= 0.6 is 0 Å². The molecule has 3 N–H and O–H groups in total. The van der Waals surface area contributed by atoms with E-state index in [0.717, 1.165) is 13.1 Å². The predicted octanol–water partition coefficient (Wildman–Crippen LogP) is -0.661. The summed E-state index contributed by atoms with van der Waals surface area (Å²) >= 11 is 0. The molecule has 1 heterocycles. The molecule has 0 aromatic carbocycles. The normalized spacial score (nSPS) is 30.1. The number of aliphatic hydroxyl groups excluding tert-OH is 1. The van der Waals surface area contributed by atoms with E-state index in [9.17, 15) is 4.79 Å². The Hall–Kier alpha value is -0.610. The molecule has 0 aromatic rings. The Morgan fingerprint density at radius 2 is 2.38 bits per heavy atom. The highest BCUT2D eigenvalue weighted by molar-refractivity contribution is 5.79. The van der Waals surface area contributed by atoms with Gasteiger partial charge in [-0.1, -0.05) is 6.92 Å². The zero-order valence-corrected chi connectivity index (χ0v) is 8.21. The maximum absolute atomic E-state index is 11.5. The van der Waals surface area contributed by atoms with E-state index in [2.05, 4.69) is 17.6 Å². The zero-order chi connectivity index (χ0) is 9.84. The van der Waals surface area contributed by atoms with Gasteiger partial charge in [0.15, 0.2) is 0 Å². The lowest BCUT2D eigenvalue weighted by molar-refractivity contribution is -0.125. The lowest BCUT2D eigenvalue weighted by Gasteiger charge is -2.14. The van der Waals surface area contributed by atoms with E-state index in [1.165, 1.54) is 0 Å². The molecular formula is C9H18N2O2. The number of aliphatic hydroxyl groups is 1. The highest BCUT2D eigenvalue weighted by Gasteiger charge is 2.29. The molecule has 1 saturated heterocycles. The minimum Gasteiger partial charge on any atom is -0.392 e. The largest absolute Gasteiger partial charge is 0.392 e. The summed E-state index contributed by atoms with van der Waals surface area (Å²) in [4.78, 5) is 11.5. The first-order valence-corrected chi connectivity index (χ1v) is 4.77. The molecule has 0 radical (unpaired) electrons. The molecular weight excluding hydrogens is 168 g/mol. The van der Waals surface area contributed by atoms with Gasteiger partial charge in [0, 0.05) is 13.1 Å². The van der Waals surface area contributed by atoms with Crippen molar-refractivity contribution in [2.24, 2.45) is 11.8 Å². The first kappa shape index (κ1) is 10.5. The van der Waals surface area contributed by atoms with Crippen LogP contribution in [0, 0.1) is 11.8 Å². The third-order valence-corrected chi connectivity index (χ3v) is 2.43. The van der Waals surface area contributed by atoms with Gasteiger partial charge in [-0.3, -0.25) is 4.79 Å². The van der Waals surface area contributed by atoms with Crippen LogP contribution in [-0.4, -0.2) is 36.8 Å². The molecule has 3 atom stereocenters. The first-order chi connectivity index (χ1) is 6.11. The van der Waals surface area contributed by atoms with Crippen LogP contribution < -0.4 is 10.6 Å². The molecule has 1 aliphatic heterocycles. The summed E-state index contributed by atoms with van der Waals surface area (Å²) in [5.41, 5.74) is 0. The maximum Gasteiger partial charge on any atom is 0.224 e. The molecule has 1 aliphatic rings. The third-order valence-electron chi connectivity index (χ3n) is 2.43. The summed E-state index contributed by atoms with van der Waals surface area (Å²) in [5.74, 6) is 0.520. The standard InChI is InChI=1S/C9H18N2O2/c1-6-3-10-5-8(6)9(13)11-4-7(2)12/h6-8,10,12H,3-5H2,1-2H3,(H,11,13). The zero-order valence-electron chi connectivity index (χ0n) is 8.21. The Morgan fingerprint density at radius 3 is 2.85 bits per heavy atom. The van der Waals surface area contributed by atoms with Crippen LogP contribution in [0.5, 0.6) is 0 Å². The van der Waals surface area contributed by atoms with Gasteiger partial charge < -0.3 is 15.7 Å². The molecule has 0 aliphatic carbocycles. The Morgan fingerprint density at radius 1 is 1.69 bits per heavy atom. The van der Waals surface area contributed by atoms with Gasteiger partial charge in [-0.2, -0.15) is 0 Å². The molecule has 0 bridgehead atoms. The second-order valence-electron chi connectivity index (χ2n) is 3.84. The molecule has 4 nitrogen and oxygen atoms in total. The summed E-state index contributed by atoms with van der Waals surface area (Å²) in [5, 5.41) is 14.9. The fraction of sp³-hybridized carbons (Fsp3) is 0.889. The average molecular weight is 186 g/mol. The van der Waals surface area contributed by atoms with E-state index in [0.29, 0.717) is 12.5 Å². The van der Waals surface area contributed by atoms with Gasteiger partial charge in [0.2, 0.25) is 5.91 Å². The molecule has 0 saturated carbocycles. The second kappa shape index (κ2) is 4.58. The van der Waals surface area contributed by atoms with Gasteiger partial charge in [-0.15, -0.1) is 0 Å². The van der Waals surface area contributed by atoms with Gasteiger partial charge in [-0.25, -0.2) is 0 Å². The Bertz CT molecular complexity index is 182. The van der Waals surface area contributed by atoms with Crippen LogP contribution in [-0.2, 0) is 4.79 Å². The van der Waals surface area contributed by atoms with Crippen LogP contribution in [0.1, 0.15) is 13.8 Å². The fourth-order valence-electron chi connectivity index (χ4n) is 1.54. The van der Waals surface area contributed by atoms with Gasteiger partial charge in [-0.05, 0) is 19.4 Å². The van der Waals surface area contributed by atoms with Crippen molar-refractivity contribution in [3.63, 3.8) is 0 Å². The molecule has 3 unspecified atom stereocenters. The van der Waals surface area contributed by atoms with E-state index in [4.69, 9.17) is 5.11 Å². The first-order valence-electron chi connectivity index (χ1n) is 4.77. The van der Waals surface area contributed by atoms with Crippen molar-refractivity contribution in [2.45, 2.75) is 20.0 Å². The predicted molar refractivity (Wildman–Crippen MR) is 50.2 cm³/mol. The Labute approximate surface area is 78.7 Å². The topological polar surface area (TPSA) is 61.4 Å². The summed E-state index contributed by atoms with van der Waals surface area (Å²) < 4.78 is 0. The van der Waals surface area contributed by atoms with Crippen molar-refractivity contribution < 1.29 is 9.90 Å². The van der Waals surface area contributed by atoms with Crippen LogP contribution in [0.2, 0.25) is 0 Å². The Kier molecular flexibility index (Phi) is 3.69. The highest BCUT2D eigenvalue weighted by atomic mass is 16.3. The molecule has 0 spiro atoms. The third kappa shape index (κ3) is 2.97. The number of carbonyl (C=O) groups excluding carboxylic acids is 1. The van der Waals surface area contributed by atoms with Crippen molar-refractivity contribution in [1.82, 2.24) is 10.6 Å². The Balaban J connectivity index is 2.30. The van der Waals surface area contributed by atoms with Crippen LogP contribution in [0.15, 0.2) is 0 Å². The van der Waals surface area contributed by atoms with Gasteiger partial charge in [0.1, 0.15) is 0 Å². The number of nitrogens with one attached hydrogen (secondary N) is 2. The van der Waals surface area contributed by atoms with Crippen molar-refractivity contribution >= 4 is 5.91 Å². The summed E-state index contributed by atoms with van der Waals surface area (Å²) in [6, 6.07) is 0. The number of carbonyl (C=O) groups is 1. The number of hydrogen-bond donors (Lipinski definition) is 3. The smallest absolute Gasteiger partial charge is 0.224 e. The van der Waals surface area contributed by atoms with E-state index < -0.39 is 6.10 Å². The molecule has 1 rings (SSSR count). The van der Waals surface area contributed by atoms with Crippen molar-refractivity contribution in [1.29, 1.82) is 0 Å². The van der Waals surface area contributed by atoms with Crippen LogP contribution in [0.25, 0.3) is 0 Å². The second-order valence-corrected chi connectivity index (χ2v) is 3.84. The monoisotopic (exact) mass is 186 g/mol. The highest BCUT2D eigenvalue weighted by Crippen LogP contribution is 2.15. The van der Waals surface area contributed by atoms with Crippen molar-refractivity contribution in [3.05, 3.63) is 0 Å². The van der Waals surface area contributed by atoms with E-state index in [-0.39, 0.29) is 11.8 Å².